The van der Waals surface area contributed by atoms with E-state index in [9.17, 15) is 18.0 Å². The van der Waals surface area contributed by atoms with Crippen LogP contribution in [0.5, 0.6) is 5.75 Å². The van der Waals surface area contributed by atoms with Gasteiger partial charge in [0.2, 0.25) is 0 Å². The molecule has 0 atom stereocenters. The number of carbonyl (C=O) groups excluding carboxylic acids is 2. The molecule has 5 nitrogen and oxygen atoms in total. The Bertz CT molecular complexity index is 937. The number of allylic oxidation sites excluding steroid dienone is 2. The first-order valence-electron chi connectivity index (χ1n) is 6.79. The number of aryl methyl sites for hydroxylation is 1. The van der Waals surface area contributed by atoms with Crippen molar-refractivity contribution in [1.82, 2.24) is 0 Å². The second kappa shape index (κ2) is 5.48. The minimum Gasteiger partial charge on any atom is -0.378 e. The summed E-state index contributed by atoms with van der Waals surface area (Å²) in [6.07, 6.45) is 2.26. The summed E-state index contributed by atoms with van der Waals surface area (Å²) in [5.74, 6) is -0.974. The Morgan fingerprint density at radius 3 is 2.22 bits per heavy atom. The first-order valence-corrected chi connectivity index (χ1v) is 8.20. The summed E-state index contributed by atoms with van der Waals surface area (Å²) in [6, 6.07) is 10.4. The van der Waals surface area contributed by atoms with Crippen LogP contribution in [0.25, 0.3) is 0 Å². The number of hydrogen-bond donors (Lipinski definition) is 0. The number of benzene rings is 2. The molecule has 0 heterocycles. The summed E-state index contributed by atoms with van der Waals surface area (Å²) >= 11 is 0. The van der Waals surface area contributed by atoms with Crippen LogP contribution in [0.2, 0.25) is 0 Å². The van der Waals surface area contributed by atoms with Crippen LogP contribution in [0.3, 0.4) is 0 Å². The van der Waals surface area contributed by atoms with Crippen molar-refractivity contribution in [3.8, 4) is 5.75 Å². The van der Waals surface area contributed by atoms with Crippen molar-refractivity contribution < 1.29 is 22.2 Å². The zero-order valence-electron chi connectivity index (χ0n) is 12.1. The zero-order chi connectivity index (χ0) is 16.6. The van der Waals surface area contributed by atoms with Crippen LogP contribution >= 0.6 is 0 Å². The maximum Gasteiger partial charge on any atom is 0.339 e. The summed E-state index contributed by atoms with van der Waals surface area (Å²) in [7, 11) is -4.09. The highest BCUT2D eigenvalue weighted by Crippen LogP contribution is 2.29. The van der Waals surface area contributed by atoms with Crippen molar-refractivity contribution in [3.05, 3.63) is 71.3 Å². The molecule has 0 bridgehead atoms. The van der Waals surface area contributed by atoms with Gasteiger partial charge < -0.3 is 4.18 Å². The molecule has 23 heavy (non-hydrogen) atoms. The Hall–Kier alpha value is -2.73. The van der Waals surface area contributed by atoms with Crippen molar-refractivity contribution >= 4 is 21.7 Å². The minimum atomic E-state index is -4.09. The Morgan fingerprint density at radius 1 is 0.870 bits per heavy atom. The molecule has 0 saturated heterocycles. The number of ketones is 2. The molecule has 116 valence electrons. The molecular formula is C17H12O5S. The van der Waals surface area contributed by atoms with Gasteiger partial charge in [-0.2, -0.15) is 8.42 Å². The Balaban J connectivity index is 2.05. The molecule has 1 aliphatic rings. The van der Waals surface area contributed by atoms with Gasteiger partial charge in [-0.25, -0.2) is 0 Å². The Kier molecular flexibility index (Phi) is 3.61. The third-order valence-electron chi connectivity index (χ3n) is 3.43. The van der Waals surface area contributed by atoms with Crippen molar-refractivity contribution in [3.63, 3.8) is 0 Å². The zero-order valence-corrected chi connectivity index (χ0v) is 13.0. The van der Waals surface area contributed by atoms with E-state index in [2.05, 4.69) is 0 Å². The minimum absolute atomic E-state index is 0.0224. The highest BCUT2D eigenvalue weighted by atomic mass is 32.2. The van der Waals surface area contributed by atoms with Gasteiger partial charge in [-0.05, 0) is 37.3 Å². The molecule has 0 fully saturated rings. The van der Waals surface area contributed by atoms with E-state index in [1.165, 1.54) is 30.3 Å². The first kappa shape index (κ1) is 15.2. The molecule has 1 aliphatic carbocycles. The molecule has 2 aromatic carbocycles. The molecule has 0 radical (unpaired) electrons. The van der Waals surface area contributed by atoms with Crippen LogP contribution in [0.15, 0.2) is 59.5 Å². The van der Waals surface area contributed by atoms with Crippen molar-refractivity contribution in [1.29, 1.82) is 0 Å². The third kappa shape index (κ3) is 2.80. The molecule has 0 spiro atoms. The fourth-order valence-corrected chi connectivity index (χ4v) is 3.20. The average molecular weight is 328 g/mol. The first-order chi connectivity index (χ1) is 10.9. The van der Waals surface area contributed by atoms with Gasteiger partial charge in [0.15, 0.2) is 17.3 Å². The topological polar surface area (TPSA) is 77.5 Å². The van der Waals surface area contributed by atoms with Gasteiger partial charge in [-0.1, -0.05) is 29.8 Å². The smallest absolute Gasteiger partial charge is 0.339 e. The lowest BCUT2D eigenvalue weighted by molar-refractivity contribution is 0.0992. The van der Waals surface area contributed by atoms with Crippen LogP contribution < -0.4 is 4.18 Å². The summed E-state index contributed by atoms with van der Waals surface area (Å²) in [6.45, 7) is 1.83. The molecule has 0 aliphatic heterocycles. The normalized spacial score (nSPS) is 13.8. The molecular weight excluding hydrogens is 316 g/mol. The predicted octanol–water partition coefficient (Wildman–Crippen LogP) is 2.70. The van der Waals surface area contributed by atoms with E-state index >= 15 is 0 Å². The summed E-state index contributed by atoms with van der Waals surface area (Å²) in [4.78, 5) is 23.8. The van der Waals surface area contributed by atoms with Crippen molar-refractivity contribution in [2.45, 2.75) is 11.8 Å². The molecule has 0 aromatic heterocycles. The quantitative estimate of drug-likeness (QED) is 0.810. The molecule has 3 rings (SSSR count). The Labute approximate surface area is 133 Å². The maximum absolute atomic E-state index is 12.4. The third-order valence-corrected chi connectivity index (χ3v) is 4.68. The molecule has 0 amide bonds. The van der Waals surface area contributed by atoms with Gasteiger partial charge in [0, 0.05) is 5.56 Å². The lowest BCUT2D eigenvalue weighted by Gasteiger charge is -2.14. The fourth-order valence-electron chi connectivity index (χ4n) is 2.26. The van der Waals surface area contributed by atoms with Crippen LogP contribution in [0.4, 0.5) is 0 Å². The lowest BCUT2D eigenvalue weighted by atomic mass is 9.94. The molecule has 0 N–H and O–H groups in total. The number of hydrogen-bond acceptors (Lipinski definition) is 5. The fraction of sp³-hybridized carbons (Fsp3) is 0.0588. The molecule has 0 unspecified atom stereocenters. The number of fused-ring (bicyclic) bond motifs is 1. The lowest BCUT2D eigenvalue weighted by Crippen LogP contribution is -2.16. The largest absolute Gasteiger partial charge is 0.378 e. The van der Waals surface area contributed by atoms with Crippen LogP contribution in [0.1, 0.15) is 26.3 Å². The van der Waals surface area contributed by atoms with Crippen molar-refractivity contribution in [2.24, 2.45) is 0 Å². The summed E-state index contributed by atoms with van der Waals surface area (Å²) in [5, 5.41) is 0. The van der Waals surface area contributed by atoms with Gasteiger partial charge in [0.05, 0.1) is 5.56 Å². The molecule has 0 saturated carbocycles. The highest BCUT2D eigenvalue weighted by molar-refractivity contribution is 7.87. The van der Waals surface area contributed by atoms with Gasteiger partial charge in [0.25, 0.3) is 0 Å². The summed E-state index contributed by atoms with van der Waals surface area (Å²) < 4.78 is 29.8. The van der Waals surface area contributed by atoms with Gasteiger partial charge in [0.1, 0.15) is 4.90 Å². The van der Waals surface area contributed by atoms with Crippen molar-refractivity contribution in [2.75, 3.05) is 0 Å². The van der Waals surface area contributed by atoms with E-state index in [1.54, 1.807) is 12.1 Å². The SMILES string of the molecule is Cc1ccc(S(=O)(=O)Oc2cccc3c2C(=O)C=CC3=O)cc1. The number of rotatable bonds is 3. The van der Waals surface area contributed by atoms with Gasteiger partial charge in [-0.3, -0.25) is 9.59 Å². The number of carbonyl (C=O) groups is 2. The second-order valence-electron chi connectivity index (χ2n) is 5.09. The maximum atomic E-state index is 12.4. The van der Waals surface area contributed by atoms with Gasteiger partial charge in [-0.15, -0.1) is 0 Å². The van der Waals surface area contributed by atoms with E-state index < -0.39 is 15.9 Å². The van der Waals surface area contributed by atoms with Crippen LogP contribution in [-0.2, 0) is 10.1 Å². The Morgan fingerprint density at radius 2 is 1.52 bits per heavy atom. The molecule has 2 aromatic rings. The van der Waals surface area contributed by atoms with Crippen LogP contribution in [-0.4, -0.2) is 20.0 Å². The summed E-state index contributed by atoms with van der Waals surface area (Å²) in [5.41, 5.74) is 1.01. The average Bonchev–Trinajstić information content (AvgIpc) is 2.51. The molecule has 6 heteroatoms. The standard InChI is InChI=1S/C17H12O5S/c1-11-5-7-12(8-6-11)23(20,21)22-16-4-2-3-13-14(18)9-10-15(19)17(13)16/h2-10H,1H3. The second-order valence-corrected chi connectivity index (χ2v) is 6.64. The van der Waals surface area contributed by atoms with E-state index in [4.69, 9.17) is 4.18 Å². The van der Waals surface area contributed by atoms with E-state index in [0.717, 1.165) is 17.7 Å². The van der Waals surface area contributed by atoms with E-state index in [-0.39, 0.29) is 27.6 Å². The van der Waals surface area contributed by atoms with Crippen LogP contribution in [0, 0.1) is 6.92 Å². The van der Waals surface area contributed by atoms with Gasteiger partial charge >= 0.3 is 10.1 Å². The predicted molar refractivity (Wildman–Crippen MR) is 83.2 cm³/mol. The highest BCUT2D eigenvalue weighted by Gasteiger charge is 2.26. The van der Waals surface area contributed by atoms with E-state index in [0.29, 0.717) is 0 Å². The van der Waals surface area contributed by atoms with E-state index in [1.807, 2.05) is 6.92 Å². The monoisotopic (exact) mass is 328 g/mol.